The summed E-state index contributed by atoms with van der Waals surface area (Å²) in [6.07, 6.45) is 6.27. The lowest BCUT2D eigenvalue weighted by atomic mass is 9.90. The minimum atomic E-state index is -1.14. The van der Waals surface area contributed by atoms with Crippen LogP contribution in [0, 0.1) is 0 Å². The number of methoxy groups -OCH3 is 1. The molecule has 0 radical (unpaired) electrons. The van der Waals surface area contributed by atoms with Gasteiger partial charge in [-0.2, -0.15) is 0 Å². The van der Waals surface area contributed by atoms with Crippen molar-refractivity contribution in [1.29, 1.82) is 0 Å². The van der Waals surface area contributed by atoms with E-state index in [-0.39, 0.29) is 12.3 Å². The molecule has 3 rings (SSSR count). The van der Waals surface area contributed by atoms with Crippen LogP contribution in [-0.2, 0) is 16.0 Å². The van der Waals surface area contributed by atoms with Crippen LogP contribution in [0.5, 0.6) is 5.75 Å². The molecule has 6 nitrogen and oxygen atoms in total. The molecule has 2 N–H and O–H groups in total. The van der Waals surface area contributed by atoms with Gasteiger partial charge < -0.3 is 19.6 Å². The smallest absolute Gasteiger partial charge is 0.329 e. The molecule has 1 amide bonds. The van der Waals surface area contributed by atoms with E-state index >= 15 is 0 Å². The van der Waals surface area contributed by atoms with Gasteiger partial charge in [0.15, 0.2) is 0 Å². The van der Waals surface area contributed by atoms with Gasteiger partial charge in [-0.3, -0.25) is 4.79 Å². The number of carboxylic acid groups (broad SMARTS) is 1. The van der Waals surface area contributed by atoms with Gasteiger partial charge in [0.05, 0.1) is 19.8 Å². The summed E-state index contributed by atoms with van der Waals surface area (Å²) < 4.78 is 10.7. The Morgan fingerprint density at radius 3 is 2.60 bits per heavy atom. The average molecular weight is 345 g/mol. The number of rotatable bonds is 5. The number of nitrogens with one attached hydrogen (secondary N) is 1. The van der Waals surface area contributed by atoms with Crippen LogP contribution >= 0.6 is 0 Å². The highest BCUT2D eigenvalue weighted by Gasteiger charge is 2.40. The summed E-state index contributed by atoms with van der Waals surface area (Å²) in [5.74, 6) is -0.548. The van der Waals surface area contributed by atoms with E-state index in [1.54, 1.807) is 19.4 Å². The van der Waals surface area contributed by atoms with E-state index in [1.807, 2.05) is 12.1 Å². The second-order valence-corrected chi connectivity index (χ2v) is 6.65. The zero-order valence-corrected chi connectivity index (χ0v) is 14.3. The molecule has 134 valence electrons. The Balaban J connectivity index is 1.76. The summed E-state index contributed by atoms with van der Waals surface area (Å²) in [6, 6.07) is 5.42. The van der Waals surface area contributed by atoms with Crippen molar-refractivity contribution in [3.63, 3.8) is 0 Å². The Labute approximate surface area is 146 Å². The highest BCUT2D eigenvalue weighted by molar-refractivity contribution is 5.91. The molecular weight excluding hydrogens is 322 g/mol. The van der Waals surface area contributed by atoms with Crippen LogP contribution < -0.4 is 10.1 Å². The summed E-state index contributed by atoms with van der Waals surface area (Å²) in [5, 5.41) is 13.3. The van der Waals surface area contributed by atoms with E-state index < -0.39 is 11.5 Å². The molecular formula is C19H23NO5. The Hall–Kier alpha value is -2.50. The Morgan fingerprint density at radius 1 is 1.24 bits per heavy atom. The van der Waals surface area contributed by atoms with Crippen molar-refractivity contribution in [3.8, 4) is 5.75 Å². The van der Waals surface area contributed by atoms with Gasteiger partial charge in [0.1, 0.15) is 16.9 Å². The topological polar surface area (TPSA) is 88.8 Å². The van der Waals surface area contributed by atoms with Crippen LogP contribution in [0.4, 0.5) is 0 Å². The van der Waals surface area contributed by atoms with Crippen molar-refractivity contribution in [2.45, 2.75) is 50.5 Å². The Bertz CT molecular complexity index is 771. The number of aliphatic carboxylic acids is 1. The number of ether oxygens (including phenoxy) is 1. The van der Waals surface area contributed by atoms with Crippen LogP contribution in [0.3, 0.4) is 0 Å². The molecule has 1 fully saturated rings. The summed E-state index contributed by atoms with van der Waals surface area (Å²) in [4.78, 5) is 24.3. The molecule has 1 aliphatic carbocycles. The summed E-state index contributed by atoms with van der Waals surface area (Å²) in [7, 11) is 1.58. The Morgan fingerprint density at radius 2 is 1.96 bits per heavy atom. The van der Waals surface area contributed by atoms with E-state index in [4.69, 9.17) is 9.15 Å². The molecule has 6 heteroatoms. The molecule has 0 unspecified atom stereocenters. The first-order valence-electron chi connectivity index (χ1n) is 8.62. The number of hydrogen-bond donors (Lipinski definition) is 2. The fourth-order valence-electron chi connectivity index (χ4n) is 3.54. The number of amides is 1. The maximum atomic E-state index is 12.5. The third-order valence-electron chi connectivity index (χ3n) is 4.96. The quantitative estimate of drug-likeness (QED) is 0.812. The number of fused-ring (bicyclic) bond motifs is 1. The van der Waals surface area contributed by atoms with E-state index in [1.165, 1.54) is 0 Å². The molecule has 0 aliphatic heterocycles. The van der Waals surface area contributed by atoms with Crippen molar-refractivity contribution >= 4 is 22.8 Å². The van der Waals surface area contributed by atoms with Crippen molar-refractivity contribution in [1.82, 2.24) is 5.32 Å². The van der Waals surface area contributed by atoms with Gasteiger partial charge in [-0.1, -0.05) is 25.7 Å². The van der Waals surface area contributed by atoms with Crippen LogP contribution in [0.2, 0.25) is 0 Å². The SMILES string of the molecule is COc1ccc2c(CC(=O)NC3(C(=O)O)CCCCCC3)coc2c1. The van der Waals surface area contributed by atoms with Gasteiger partial charge in [0, 0.05) is 17.0 Å². The van der Waals surface area contributed by atoms with Crippen molar-refractivity contribution in [3.05, 3.63) is 30.0 Å². The van der Waals surface area contributed by atoms with Crippen molar-refractivity contribution < 1.29 is 23.8 Å². The minimum absolute atomic E-state index is 0.0916. The number of carbonyl (C=O) groups excluding carboxylic acids is 1. The fraction of sp³-hybridized carbons (Fsp3) is 0.474. The largest absolute Gasteiger partial charge is 0.497 e. The number of furan rings is 1. The Kier molecular flexibility index (Phi) is 4.97. The molecule has 0 atom stereocenters. The molecule has 1 saturated carbocycles. The summed E-state index contributed by atoms with van der Waals surface area (Å²) in [5.41, 5.74) is 0.241. The first-order valence-corrected chi connectivity index (χ1v) is 8.62. The van der Waals surface area contributed by atoms with E-state index in [0.717, 1.165) is 36.6 Å². The lowest BCUT2D eigenvalue weighted by molar-refractivity contribution is -0.148. The number of benzene rings is 1. The third kappa shape index (κ3) is 3.62. The predicted octanol–water partition coefficient (Wildman–Crippen LogP) is 3.28. The second kappa shape index (κ2) is 7.17. The summed E-state index contributed by atoms with van der Waals surface area (Å²) in [6.45, 7) is 0. The van der Waals surface area contributed by atoms with Gasteiger partial charge in [-0.05, 0) is 25.0 Å². The number of hydrogen-bond acceptors (Lipinski definition) is 4. The highest BCUT2D eigenvalue weighted by Crippen LogP contribution is 2.29. The predicted molar refractivity (Wildman–Crippen MR) is 92.7 cm³/mol. The maximum absolute atomic E-state index is 12.5. The monoisotopic (exact) mass is 345 g/mol. The highest BCUT2D eigenvalue weighted by atomic mass is 16.5. The zero-order chi connectivity index (χ0) is 17.9. The standard InChI is InChI=1S/C19H23NO5/c1-24-14-6-7-15-13(12-25-16(15)11-14)10-17(21)20-19(18(22)23)8-4-2-3-5-9-19/h6-7,11-12H,2-5,8-10H2,1H3,(H,20,21)(H,22,23). The average Bonchev–Trinajstić information content (AvgIpc) is 2.82. The van der Waals surface area contributed by atoms with E-state index in [0.29, 0.717) is 24.2 Å². The molecule has 1 aromatic carbocycles. The zero-order valence-electron chi connectivity index (χ0n) is 14.3. The molecule has 0 spiro atoms. The lowest BCUT2D eigenvalue weighted by Gasteiger charge is -2.29. The van der Waals surface area contributed by atoms with Gasteiger partial charge in [0.25, 0.3) is 0 Å². The number of carbonyl (C=O) groups is 2. The van der Waals surface area contributed by atoms with Crippen LogP contribution in [0.1, 0.15) is 44.1 Å². The van der Waals surface area contributed by atoms with Gasteiger partial charge in [0.2, 0.25) is 5.91 Å². The first kappa shape index (κ1) is 17.3. The molecule has 1 heterocycles. The summed E-state index contributed by atoms with van der Waals surface area (Å²) >= 11 is 0. The molecule has 0 bridgehead atoms. The van der Waals surface area contributed by atoms with Crippen molar-refractivity contribution in [2.24, 2.45) is 0 Å². The van der Waals surface area contributed by atoms with Crippen LogP contribution in [0.25, 0.3) is 11.0 Å². The van der Waals surface area contributed by atoms with Gasteiger partial charge >= 0.3 is 5.97 Å². The molecule has 0 saturated heterocycles. The molecule has 25 heavy (non-hydrogen) atoms. The van der Waals surface area contributed by atoms with E-state index in [2.05, 4.69) is 5.32 Å². The number of carboxylic acids is 1. The molecule has 1 aromatic heterocycles. The van der Waals surface area contributed by atoms with Gasteiger partial charge in [-0.15, -0.1) is 0 Å². The van der Waals surface area contributed by atoms with Crippen LogP contribution in [0.15, 0.2) is 28.9 Å². The van der Waals surface area contributed by atoms with Crippen molar-refractivity contribution in [2.75, 3.05) is 7.11 Å². The molecule has 1 aliphatic rings. The minimum Gasteiger partial charge on any atom is -0.497 e. The lowest BCUT2D eigenvalue weighted by Crippen LogP contribution is -2.54. The third-order valence-corrected chi connectivity index (χ3v) is 4.96. The normalized spacial score (nSPS) is 17.0. The van der Waals surface area contributed by atoms with Crippen LogP contribution in [-0.4, -0.2) is 29.6 Å². The van der Waals surface area contributed by atoms with Gasteiger partial charge in [-0.25, -0.2) is 4.79 Å². The van der Waals surface area contributed by atoms with E-state index in [9.17, 15) is 14.7 Å². The second-order valence-electron chi connectivity index (χ2n) is 6.65. The molecule has 2 aromatic rings. The fourth-order valence-corrected chi connectivity index (χ4v) is 3.54. The first-order chi connectivity index (χ1) is 12.0. The maximum Gasteiger partial charge on any atom is 0.329 e.